The van der Waals surface area contributed by atoms with Crippen LogP contribution in [0.2, 0.25) is 0 Å². The Morgan fingerprint density at radius 3 is 2.05 bits per heavy atom. The molecule has 0 amide bonds. The van der Waals surface area contributed by atoms with Gasteiger partial charge in [-0.3, -0.25) is 0 Å². The summed E-state index contributed by atoms with van der Waals surface area (Å²) < 4.78 is 40.2. The monoisotopic (exact) mass is 304 g/mol. The maximum absolute atomic E-state index is 13.8. The minimum atomic E-state index is -1.41. The van der Waals surface area contributed by atoms with Crippen LogP contribution in [0.1, 0.15) is 44.1 Å². The third-order valence-corrected chi connectivity index (χ3v) is 4.74. The molecule has 0 aliphatic heterocycles. The van der Waals surface area contributed by atoms with Crippen molar-refractivity contribution in [2.24, 2.45) is 5.92 Å². The van der Waals surface area contributed by atoms with Crippen LogP contribution in [0.5, 0.6) is 0 Å². The molecular formula is C19H19F3. The van der Waals surface area contributed by atoms with Crippen molar-refractivity contribution in [3.63, 3.8) is 0 Å². The van der Waals surface area contributed by atoms with E-state index in [2.05, 4.69) is 6.92 Å². The lowest BCUT2D eigenvalue weighted by Crippen LogP contribution is -2.10. The standard InChI is InChI=1S/C19H19F3/c1-12-2-4-13(5-3-12)14-6-8-15(9-7-14)16-10-11-17(20)19(22)18(16)21/h6-13H,2-5H2,1H3. The van der Waals surface area contributed by atoms with Gasteiger partial charge in [0.2, 0.25) is 0 Å². The zero-order valence-electron chi connectivity index (χ0n) is 12.6. The lowest BCUT2D eigenvalue weighted by Gasteiger charge is -2.26. The fraction of sp³-hybridized carbons (Fsp3) is 0.368. The predicted molar refractivity (Wildman–Crippen MR) is 82.1 cm³/mol. The molecule has 0 N–H and O–H groups in total. The first-order valence-electron chi connectivity index (χ1n) is 7.80. The first-order valence-corrected chi connectivity index (χ1v) is 7.80. The van der Waals surface area contributed by atoms with Crippen molar-refractivity contribution in [2.75, 3.05) is 0 Å². The minimum Gasteiger partial charge on any atom is -0.204 e. The molecule has 0 radical (unpaired) electrons. The Morgan fingerprint density at radius 2 is 1.41 bits per heavy atom. The zero-order valence-corrected chi connectivity index (χ0v) is 12.6. The van der Waals surface area contributed by atoms with E-state index in [1.165, 1.54) is 37.3 Å². The Hall–Kier alpha value is -1.77. The van der Waals surface area contributed by atoms with Crippen LogP contribution >= 0.6 is 0 Å². The highest BCUT2D eigenvalue weighted by molar-refractivity contribution is 5.64. The molecule has 0 atom stereocenters. The topological polar surface area (TPSA) is 0 Å². The van der Waals surface area contributed by atoms with Crippen molar-refractivity contribution in [2.45, 2.75) is 38.5 Å². The van der Waals surface area contributed by atoms with Gasteiger partial charge >= 0.3 is 0 Å². The lowest BCUT2D eigenvalue weighted by atomic mass is 9.79. The van der Waals surface area contributed by atoms with Crippen LogP contribution in [0.4, 0.5) is 13.2 Å². The molecule has 1 aliphatic rings. The van der Waals surface area contributed by atoms with E-state index in [1.807, 2.05) is 12.1 Å². The van der Waals surface area contributed by atoms with Crippen LogP contribution in [0.3, 0.4) is 0 Å². The summed E-state index contributed by atoms with van der Waals surface area (Å²) in [5.74, 6) is -2.34. The minimum absolute atomic E-state index is 0.0997. The van der Waals surface area contributed by atoms with E-state index in [-0.39, 0.29) is 5.56 Å². The van der Waals surface area contributed by atoms with Crippen LogP contribution in [-0.4, -0.2) is 0 Å². The highest BCUT2D eigenvalue weighted by atomic mass is 19.2. The molecule has 3 rings (SSSR count). The number of hydrogen-bond donors (Lipinski definition) is 0. The van der Waals surface area contributed by atoms with E-state index < -0.39 is 17.5 Å². The average molecular weight is 304 g/mol. The quantitative estimate of drug-likeness (QED) is 0.591. The molecule has 116 valence electrons. The molecule has 0 heterocycles. The normalized spacial score (nSPS) is 21.8. The molecule has 0 bridgehead atoms. The maximum Gasteiger partial charge on any atom is 0.195 e. The van der Waals surface area contributed by atoms with Crippen molar-refractivity contribution in [3.05, 3.63) is 59.4 Å². The van der Waals surface area contributed by atoms with Gasteiger partial charge in [-0.2, -0.15) is 0 Å². The molecule has 0 spiro atoms. The predicted octanol–water partition coefficient (Wildman–Crippen LogP) is 6.06. The van der Waals surface area contributed by atoms with Crippen LogP contribution in [-0.2, 0) is 0 Å². The molecule has 0 unspecified atom stereocenters. The Kier molecular flexibility index (Phi) is 4.23. The molecule has 2 aromatic rings. The molecule has 1 fully saturated rings. The number of halogens is 3. The molecule has 22 heavy (non-hydrogen) atoms. The summed E-state index contributed by atoms with van der Waals surface area (Å²) >= 11 is 0. The van der Waals surface area contributed by atoms with Crippen LogP contribution in [0, 0.1) is 23.4 Å². The van der Waals surface area contributed by atoms with Gasteiger partial charge in [0.25, 0.3) is 0 Å². The molecule has 1 saturated carbocycles. The second kappa shape index (κ2) is 6.15. The third-order valence-electron chi connectivity index (χ3n) is 4.74. The largest absolute Gasteiger partial charge is 0.204 e. The lowest BCUT2D eigenvalue weighted by molar-refractivity contribution is 0.348. The summed E-state index contributed by atoms with van der Waals surface area (Å²) in [6.07, 6.45) is 4.84. The molecule has 0 saturated heterocycles. The van der Waals surface area contributed by atoms with Crippen LogP contribution < -0.4 is 0 Å². The van der Waals surface area contributed by atoms with Crippen molar-refractivity contribution in [3.8, 4) is 11.1 Å². The van der Waals surface area contributed by atoms with E-state index >= 15 is 0 Å². The Balaban J connectivity index is 1.84. The summed E-state index contributed by atoms with van der Waals surface area (Å²) in [5, 5.41) is 0. The second-order valence-electron chi connectivity index (χ2n) is 6.30. The van der Waals surface area contributed by atoms with Gasteiger partial charge in [-0.1, -0.05) is 44.0 Å². The molecule has 0 nitrogen and oxygen atoms in total. The number of benzene rings is 2. The van der Waals surface area contributed by atoms with Gasteiger partial charge in [-0.25, -0.2) is 13.2 Å². The van der Waals surface area contributed by atoms with E-state index in [1.54, 1.807) is 12.1 Å². The summed E-state index contributed by atoms with van der Waals surface area (Å²) in [7, 11) is 0. The number of hydrogen-bond acceptors (Lipinski definition) is 0. The number of rotatable bonds is 2. The molecule has 1 aliphatic carbocycles. The third kappa shape index (κ3) is 2.90. The fourth-order valence-electron chi connectivity index (χ4n) is 3.28. The highest BCUT2D eigenvalue weighted by Gasteiger charge is 2.20. The molecular weight excluding hydrogens is 285 g/mol. The smallest absolute Gasteiger partial charge is 0.195 e. The Morgan fingerprint density at radius 1 is 0.773 bits per heavy atom. The summed E-state index contributed by atoms with van der Waals surface area (Å²) in [6, 6.07) is 9.80. The van der Waals surface area contributed by atoms with Crippen molar-refractivity contribution in [1.29, 1.82) is 0 Å². The van der Waals surface area contributed by atoms with Gasteiger partial charge in [0, 0.05) is 5.56 Å². The van der Waals surface area contributed by atoms with Gasteiger partial charge in [0.05, 0.1) is 0 Å². The average Bonchev–Trinajstić information content (AvgIpc) is 2.54. The van der Waals surface area contributed by atoms with Crippen molar-refractivity contribution in [1.82, 2.24) is 0 Å². The Bertz CT molecular complexity index is 653. The van der Waals surface area contributed by atoms with Gasteiger partial charge in [-0.15, -0.1) is 0 Å². The molecule has 0 aromatic heterocycles. The van der Waals surface area contributed by atoms with Gasteiger partial charge in [0.15, 0.2) is 17.5 Å². The highest BCUT2D eigenvalue weighted by Crippen LogP contribution is 2.36. The van der Waals surface area contributed by atoms with Gasteiger partial charge in [-0.05, 0) is 47.9 Å². The first kappa shape index (κ1) is 15.1. The molecule has 2 aromatic carbocycles. The maximum atomic E-state index is 13.8. The summed E-state index contributed by atoms with van der Waals surface area (Å²) in [5.41, 5.74) is 1.92. The molecule has 3 heteroatoms. The van der Waals surface area contributed by atoms with Gasteiger partial charge in [0.1, 0.15) is 0 Å². The van der Waals surface area contributed by atoms with E-state index in [0.717, 1.165) is 12.0 Å². The second-order valence-corrected chi connectivity index (χ2v) is 6.30. The first-order chi connectivity index (χ1) is 10.6. The van der Waals surface area contributed by atoms with Crippen LogP contribution in [0.25, 0.3) is 11.1 Å². The van der Waals surface area contributed by atoms with Crippen molar-refractivity contribution >= 4 is 0 Å². The zero-order chi connectivity index (χ0) is 15.7. The van der Waals surface area contributed by atoms with Crippen molar-refractivity contribution < 1.29 is 13.2 Å². The summed E-state index contributed by atoms with van der Waals surface area (Å²) in [6.45, 7) is 2.28. The van der Waals surface area contributed by atoms with Gasteiger partial charge < -0.3 is 0 Å². The van der Waals surface area contributed by atoms with E-state index in [4.69, 9.17) is 0 Å². The summed E-state index contributed by atoms with van der Waals surface area (Å²) in [4.78, 5) is 0. The fourth-order valence-corrected chi connectivity index (χ4v) is 3.28. The SMILES string of the molecule is CC1CCC(c2ccc(-c3ccc(F)c(F)c3F)cc2)CC1. The Labute approximate surface area is 129 Å². The van der Waals surface area contributed by atoms with Crippen LogP contribution in [0.15, 0.2) is 36.4 Å². The van der Waals surface area contributed by atoms with E-state index in [9.17, 15) is 13.2 Å². The van der Waals surface area contributed by atoms with E-state index in [0.29, 0.717) is 11.5 Å².